The second-order valence-corrected chi connectivity index (χ2v) is 8.38. The van der Waals surface area contributed by atoms with Gasteiger partial charge < -0.3 is 4.74 Å². The van der Waals surface area contributed by atoms with E-state index in [2.05, 4.69) is 50.5 Å². The average molecular weight is 613 g/mol. The molecule has 7 nitrogen and oxygen atoms in total. The number of nitrogens with one attached hydrogen (secondary N) is 1. The Morgan fingerprint density at radius 3 is 2.34 bits per heavy atom. The molecule has 3 rings (SSSR count). The van der Waals surface area contributed by atoms with E-state index in [4.69, 9.17) is 10.00 Å². The first-order chi connectivity index (χ1) is 13.8. The molecule has 0 aliphatic carbocycles. The van der Waals surface area contributed by atoms with Gasteiger partial charge in [-0.25, -0.2) is 9.69 Å². The Morgan fingerprint density at radius 2 is 1.76 bits per heavy atom. The van der Waals surface area contributed by atoms with Gasteiger partial charge in [-0.2, -0.15) is 5.26 Å². The Bertz CT molecular complexity index is 1060. The minimum atomic E-state index is -0.787. The number of halogens is 2. The number of nitrogens with zero attached hydrogens (tertiary/aromatic N) is 2. The van der Waals surface area contributed by atoms with Crippen molar-refractivity contribution in [3.05, 3.63) is 60.2 Å². The van der Waals surface area contributed by atoms with Gasteiger partial charge in [-0.3, -0.25) is 14.9 Å². The van der Waals surface area contributed by atoms with E-state index in [0.717, 1.165) is 17.6 Å². The summed E-state index contributed by atoms with van der Waals surface area (Å²) in [7, 11) is 0. The number of aryl methyl sites for hydroxylation is 1. The summed E-state index contributed by atoms with van der Waals surface area (Å²) in [6, 6.07) is 11.4. The molecular formula is C20H13I2N3O4. The first kappa shape index (κ1) is 21.3. The van der Waals surface area contributed by atoms with Crippen molar-refractivity contribution in [3.8, 4) is 11.8 Å². The van der Waals surface area contributed by atoms with Crippen LogP contribution in [0.15, 0.2) is 42.0 Å². The molecule has 1 N–H and O–H groups in total. The predicted molar refractivity (Wildman–Crippen MR) is 123 cm³/mol. The molecule has 0 saturated carbocycles. The van der Waals surface area contributed by atoms with E-state index >= 15 is 0 Å². The van der Waals surface area contributed by atoms with E-state index in [0.29, 0.717) is 17.0 Å². The molecule has 1 saturated heterocycles. The van der Waals surface area contributed by atoms with Gasteiger partial charge in [0.25, 0.3) is 11.8 Å². The van der Waals surface area contributed by atoms with Gasteiger partial charge in [-0.1, -0.05) is 17.7 Å². The predicted octanol–water partition coefficient (Wildman–Crippen LogP) is 3.77. The first-order valence-electron chi connectivity index (χ1n) is 8.28. The summed E-state index contributed by atoms with van der Waals surface area (Å²) in [5, 5.41) is 10.9. The van der Waals surface area contributed by atoms with Gasteiger partial charge in [-0.15, -0.1) is 0 Å². The zero-order valence-electron chi connectivity index (χ0n) is 15.0. The van der Waals surface area contributed by atoms with Crippen LogP contribution in [0, 0.1) is 25.4 Å². The summed E-state index contributed by atoms with van der Waals surface area (Å²) in [6.07, 6.45) is 1.43. The second kappa shape index (κ2) is 8.91. The number of benzene rings is 2. The molecule has 0 unspecified atom stereocenters. The van der Waals surface area contributed by atoms with Crippen molar-refractivity contribution in [2.75, 3.05) is 11.5 Å². The lowest BCUT2D eigenvalue weighted by Crippen LogP contribution is -2.54. The number of hydrogen-bond donors (Lipinski definition) is 1. The van der Waals surface area contributed by atoms with E-state index in [1.165, 1.54) is 6.08 Å². The lowest BCUT2D eigenvalue weighted by Gasteiger charge is -2.26. The minimum Gasteiger partial charge on any atom is -0.477 e. The van der Waals surface area contributed by atoms with Crippen molar-refractivity contribution in [1.29, 1.82) is 5.26 Å². The third-order valence-electron chi connectivity index (χ3n) is 4.01. The summed E-state index contributed by atoms with van der Waals surface area (Å²) >= 11 is 4.11. The molecule has 29 heavy (non-hydrogen) atoms. The number of amides is 4. The lowest BCUT2D eigenvalue weighted by molar-refractivity contribution is -0.122. The van der Waals surface area contributed by atoms with Crippen molar-refractivity contribution in [2.45, 2.75) is 6.92 Å². The molecule has 2 aromatic rings. The number of ether oxygens (including phenoxy) is 1. The van der Waals surface area contributed by atoms with Gasteiger partial charge in [-0.05, 0) is 88.0 Å². The Labute approximate surface area is 194 Å². The molecule has 0 bridgehead atoms. The van der Waals surface area contributed by atoms with Crippen LogP contribution in [0.25, 0.3) is 6.08 Å². The first-order valence-corrected chi connectivity index (χ1v) is 10.4. The number of urea groups is 1. The number of imide groups is 2. The van der Waals surface area contributed by atoms with Crippen LogP contribution in [0.1, 0.15) is 11.1 Å². The second-order valence-electron chi connectivity index (χ2n) is 6.05. The van der Waals surface area contributed by atoms with E-state index in [9.17, 15) is 14.4 Å². The Balaban J connectivity index is 1.98. The molecule has 146 valence electrons. The maximum Gasteiger partial charge on any atom is 0.335 e. The summed E-state index contributed by atoms with van der Waals surface area (Å²) in [6.45, 7) is 1.81. The van der Waals surface area contributed by atoms with Crippen LogP contribution in [0.2, 0.25) is 0 Å². The molecule has 1 heterocycles. The fourth-order valence-corrected chi connectivity index (χ4v) is 4.79. The zero-order valence-corrected chi connectivity index (χ0v) is 19.3. The fraction of sp³-hybridized carbons (Fsp3) is 0.100. The number of rotatable bonds is 4. The fourth-order valence-electron chi connectivity index (χ4n) is 2.66. The molecule has 0 spiro atoms. The van der Waals surface area contributed by atoms with Crippen LogP contribution in [0.3, 0.4) is 0 Å². The number of barbiturate groups is 1. The summed E-state index contributed by atoms with van der Waals surface area (Å²) in [5.41, 5.74) is 1.80. The maximum absolute atomic E-state index is 12.9. The van der Waals surface area contributed by atoms with Gasteiger partial charge in [0.05, 0.1) is 12.8 Å². The molecule has 0 atom stereocenters. The molecule has 4 amide bonds. The molecule has 2 aromatic carbocycles. The highest BCUT2D eigenvalue weighted by atomic mass is 127. The molecule has 1 aliphatic heterocycles. The maximum atomic E-state index is 12.9. The van der Waals surface area contributed by atoms with Crippen LogP contribution in [-0.2, 0) is 9.59 Å². The van der Waals surface area contributed by atoms with E-state index in [1.54, 1.807) is 36.4 Å². The van der Waals surface area contributed by atoms with Crippen molar-refractivity contribution in [3.63, 3.8) is 0 Å². The smallest absolute Gasteiger partial charge is 0.335 e. The third-order valence-corrected chi connectivity index (χ3v) is 5.61. The van der Waals surface area contributed by atoms with Crippen molar-refractivity contribution >= 4 is 74.8 Å². The van der Waals surface area contributed by atoms with Gasteiger partial charge >= 0.3 is 6.03 Å². The zero-order chi connectivity index (χ0) is 21.1. The summed E-state index contributed by atoms with van der Waals surface area (Å²) in [4.78, 5) is 38.4. The topological polar surface area (TPSA) is 99.5 Å². The van der Waals surface area contributed by atoms with Gasteiger partial charge in [0, 0.05) is 0 Å². The molecule has 0 radical (unpaired) electrons. The Morgan fingerprint density at radius 1 is 1.14 bits per heavy atom. The number of carbonyl (C=O) groups excluding carboxylic acids is 3. The molecule has 1 fully saturated rings. The van der Waals surface area contributed by atoms with Gasteiger partial charge in [0.1, 0.15) is 17.4 Å². The minimum absolute atomic E-state index is 0.0824. The van der Waals surface area contributed by atoms with Gasteiger partial charge in [0.2, 0.25) is 0 Å². The number of carbonyl (C=O) groups is 3. The van der Waals surface area contributed by atoms with Crippen molar-refractivity contribution in [1.82, 2.24) is 5.32 Å². The number of nitriles is 1. The quantitative estimate of drug-likeness (QED) is 0.322. The molecule has 1 aliphatic rings. The van der Waals surface area contributed by atoms with Crippen LogP contribution < -0.4 is 15.0 Å². The van der Waals surface area contributed by atoms with Crippen molar-refractivity contribution in [2.24, 2.45) is 0 Å². The highest BCUT2D eigenvalue weighted by Gasteiger charge is 2.36. The summed E-state index contributed by atoms with van der Waals surface area (Å²) in [5.74, 6) is -0.888. The standard InChI is InChI=1S/C20H13I2N3O4/c1-11-2-4-13(5-3-11)25-19(27)14(18(26)24-20(25)28)8-12-9-15(21)17(16(22)10-12)29-7-6-23/h2-5,8-10H,7H2,1H3,(H,24,26,28)/b14-8+. The normalized spacial score (nSPS) is 15.3. The highest BCUT2D eigenvalue weighted by Crippen LogP contribution is 2.30. The van der Waals surface area contributed by atoms with E-state index < -0.39 is 17.8 Å². The number of anilines is 1. The molecule has 9 heteroatoms. The highest BCUT2D eigenvalue weighted by molar-refractivity contribution is 14.1. The Hall–Kier alpha value is -2.46. The van der Waals surface area contributed by atoms with Crippen molar-refractivity contribution < 1.29 is 19.1 Å². The van der Waals surface area contributed by atoms with Gasteiger partial charge in [0.15, 0.2) is 6.61 Å². The third kappa shape index (κ3) is 4.59. The van der Waals surface area contributed by atoms with Crippen LogP contribution >= 0.6 is 45.2 Å². The largest absolute Gasteiger partial charge is 0.477 e. The van der Waals surface area contributed by atoms with Crippen LogP contribution in [0.4, 0.5) is 10.5 Å². The van der Waals surface area contributed by atoms with E-state index in [1.807, 2.05) is 13.0 Å². The van der Waals surface area contributed by atoms with E-state index in [-0.39, 0.29) is 12.2 Å². The lowest BCUT2D eigenvalue weighted by atomic mass is 10.1. The molecular weight excluding hydrogens is 600 g/mol. The average Bonchev–Trinajstić information content (AvgIpc) is 2.66. The summed E-state index contributed by atoms with van der Waals surface area (Å²) < 4.78 is 6.86. The van der Waals surface area contributed by atoms with Crippen LogP contribution in [-0.4, -0.2) is 24.5 Å². The number of hydrogen-bond acceptors (Lipinski definition) is 5. The monoisotopic (exact) mass is 613 g/mol. The Kier molecular flexibility index (Phi) is 6.53. The SMILES string of the molecule is Cc1ccc(N2C(=O)NC(=O)/C(=C\c3cc(I)c(OCC#N)c(I)c3)C2=O)cc1. The van der Waals surface area contributed by atoms with Crippen LogP contribution in [0.5, 0.6) is 5.75 Å². The molecule has 0 aromatic heterocycles.